The molecule has 0 unspecified atom stereocenters. The Bertz CT molecular complexity index is 1140. The number of amides is 1. The van der Waals surface area contributed by atoms with Crippen molar-refractivity contribution >= 4 is 41.1 Å². The number of hydrogen-bond acceptors (Lipinski definition) is 3. The van der Waals surface area contributed by atoms with Crippen LogP contribution in [0.15, 0.2) is 72.6 Å². The number of anilines is 1. The SMILES string of the molecule is C=C/C(c1csc(C(=O)Nc2ccccc2C(=O)O)c1)=c1/ccccc1=C. The summed E-state index contributed by atoms with van der Waals surface area (Å²) < 4.78 is 0. The second kappa shape index (κ2) is 7.85. The Hall–Kier alpha value is -3.44. The molecule has 0 bridgehead atoms. The third kappa shape index (κ3) is 3.88. The van der Waals surface area contributed by atoms with Gasteiger partial charge in [-0.15, -0.1) is 11.3 Å². The van der Waals surface area contributed by atoms with Crippen molar-refractivity contribution in [3.8, 4) is 0 Å². The zero-order chi connectivity index (χ0) is 19.4. The first kappa shape index (κ1) is 18.4. The molecule has 0 radical (unpaired) electrons. The molecule has 0 saturated heterocycles. The van der Waals surface area contributed by atoms with Crippen molar-refractivity contribution < 1.29 is 14.7 Å². The maximum absolute atomic E-state index is 12.6. The minimum Gasteiger partial charge on any atom is -0.478 e. The van der Waals surface area contributed by atoms with E-state index in [2.05, 4.69) is 18.5 Å². The molecule has 0 saturated carbocycles. The molecule has 0 fully saturated rings. The first-order chi connectivity index (χ1) is 13.0. The monoisotopic (exact) mass is 375 g/mol. The smallest absolute Gasteiger partial charge is 0.337 e. The van der Waals surface area contributed by atoms with Crippen LogP contribution in [0.4, 0.5) is 5.69 Å². The molecule has 1 amide bonds. The summed E-state index contributed by atoms with van der Waals surface area (Å²) in [5.41, 5.74) is 2.07. The van der Waals surface area contributed by atoms with E-state index in [-0.39, 0.29) is 17.2 Å². The summed E-state index contributed by atoms with van der Waals surface area (Å²) in [6.45, 7) is 7.92. The number of para-hydroxylation sites is 1. The third-order valence-corrected chi connectivity index (χ3v) is 4.98. The molecule has 134 valence electrons. The van der Waals surface area contributed by atoms with Crippen molar-refractivity contribution in [2.75, 3.05) is 5.32 Å². The van der Waals surface area contributed by atoms with Crippen molar-refractivity contribution in [1.29, 1.82) is 0 Å². The number of carboxylic acid groups (broad SMARTS) is 1. The molecule has 1 aromatic heterocycles. The molecule has 0 aliphatic rings. The predicted molar refractivity (Wildman–Crippen MR) is 110 cm³/mol. The van der Waals surface area contributed by atoms with Crippen molar-refractivity contribution in [1.82, 2.24) is 0 Å². The Morgan fingerprint density at radius 1 is 1.07 bits per heavy atom. The lowest BCUT2D eigenvalue weighted by Gasteiger charge is -2.06. The number of rotatable bonds is 5. The van der Waals surface area contributed by atoms with E-state index in [9.17, 15) is 14.7 Å². The highest BCUT2D eigenvalue weighted by molar-refractivity contribution is 7.12. The van der Waals surface area contributed by atoms with Crippen LogP contribution in [0.2, 0.25) is 0 Å². The van der Waals surface area contributed by atoms with Crippen molar-refractivity contribution in [3.05, 3.63) is 99.1 Å². The Morgan fingerprint density at radius 3 is 2.48 bits per heavy atom. The zero-order valence-corrected chi connectivity index (χ0v) is 15.3. The Balaban J connectivity index is 1.95. The van der Waals surface area contributed by atoms with Gasteiger partial charge in [0.25, 0.3) is 5.91 Å². The standard InChI is InChI=1S/C22H17NO3S/c1-3-16(17-9-5-4-8-14(17)2)15-12-20(27-13-15)21(24)23-19-11-7-6-10-18(19)22(25)26/h3-13H,1-2H2,(H,23,24)(H,25,26)/b17-16+. The highest BCUT2D eigenvalue weighted by Crippen LogP contribution is 2.23. The summed E-state index contributed by atoms with van der Waals surface area (Å²) in [7, 11) is 0. The van der Waals surface area contributed by atoms with Gasteiger partial charge in [0.1, 0.15) is 0 Å². The molecule has 3 aromatic rings. The number of thiophene rings is 1. The topological polar surface area (TPSA) is 66.4 Å². The quantitative estimate of drug-likeness (QED) is 0.717. The highest BCUT2D eigenvalue weighted by atomic mass is 32.1. The lowest BCUT2D eigenvalue weighted by molar-refractivity contribution is 0.0698. The first-order valence-corrected chi connectivity index (χ1v) is 9.02. The van der Waals surface area contributed by atoms with Crippen molar-refractivity contribution in [2.24, 2.45) is 0 Å². The van der Waals surface area contributed by atoms with Crippen LogP contribution >= 0.6 is 11.3 Å². The van der Waals surface area contributed by atoms with Gasteiger partial charge < -0.3 is 10.4 Å². The fourth-order valence-corrected chi connectivity index (χ4v) is 3.53. The van der Waals surface area contributed by atoms with Crippen molar-refractivity contribution in [2.45, 2.75) is 0 Å². The normalized spacial score (nSPS) is 11.6. The summed E-state index contributed by atoms with van der Waals surface area (Å²) in [6, 6.07) is 15.8. The number of benzene rings is 2. The molecule has 4 nitrogen and oxygen atoms in total. The second-order valence-corrected chi connectivity index (χ2v) is 6.69. The lowest BCUT2D eigenvalue weighted by atomic mass is 10.0. The molecule has 5 heteroatoms. The van der Waals surface area contributed by atoms with E-state index in [1.165, 1.54) is 17.4 Å². The van der Waals surface area contributed by atoms with Gasteiger partial charge in [-0.3, -0.25) is 4.79 Å². The number of carbonyl (C=O) groups excluding carboxylic acids is 1. The van der Waals surface area contributed by atoms with Crippen LogP contribution in [-0.4, -0.2) is 17.0 Å². The van der Waals surface area contributed by atoms with E-state index in [0.717, 1.165) is 21.6 Å². The first-order valence-electron chi connectivity index (χ1n) is 8.14. The number of nitrogens with one attached hydrogen (secondary N) is 1. The Labute approximate surface area is 160 Å². The van der Waals surface area contributed by atoms with Gasteiger partial charge in [-0.1, -0.05) is 55.6 Å². The minimum absolute atomic E-state index is 0.0481. The number of hydrogen-bond donors (Lipinski definition) is 2. The van der Waals surface area contributed by atoms with E-state index >= 15 is 0 Å². The largest absolute Gasteiger partial charge is 0.478 e. The number of carbonyl (C=O) groups is 2. The van der Waals surface area contributed by atoms with Gasteiger partial charge in [0.05, 0.1) is 16.1 Å². The highest BCUT2D eigenvalue weighted by Gasteiger charge is 2.15. The van der Waals surface area contributed by atoms with Gasteiger partial charge in [-0.05, 0) is 45.2 Å². The fourth-order valence-electron chi connectivity index (χ4n) is 2.73. The van der Waals surface area contributed by atoms with E-state index in [4.69, 9.17) is 0 Å². The van der Waals surface area contributed by atoms with Gasteiger partial charge in [-0.2, -0.15) is 0 Å². The number of aromatic carboxylic acids is 1. The van der Waals surface area contributed by atoms with Crippen LogP contribution in [0.1, 0.15) is 25.6 Å². The maximum Gasteiger partial charge on any atom is 0.337 e. The van der Waals surface area contributed by atoms with E-state index in [0.29, 0.717) is 4.88 Å². The Morgan fingerprint density at radius 2 is 1.78 bits per heavy atom. The van der Waals surface area contributed by atoms with Gasteiger partial charge >= 0.3 is 5.97 Å². The number of carboxylic acids is 1. The summed E-state index contributed by atoms with van der Waals surface area (Å²) in [5.74, 6) is -1.45. The third-order valence-electron chi connectivity index (χ3n) is 4.05. The van der Waals surface area contributed by atoms with Gasteiger partial charge in [0.2, 0.25) is 0 Å². The molecular weight excluding hydrogens is 358 g/mol. The molecule has 2 aromatic carbocycles. The van der Waals surface area contributed by atoms with Crippen LogP contribution in [0.25, 0.3) is 12.2 Å². The zero-order valence-electron chi connectivity index (χ0n) is 14.4. The van der Waals surface area contributed by atoms with Crippen LogP contribution in [0, 0.1) is 0 Å². The Kier molecular flexibility index (Phi) is 5.33. The summed E-state index contributed by atoms with van der Waals surface area (Å²) >= 11 is 1.29. The average molecular weight is 375 g/mol. The summed E-state index contributed by atoms with van der Waals surface area (Å²) in [4.78, 5) is 24.3. The molecular formula is C22H17NO3S. The van der Waals surface area contributed by atoms with E-state index in [1.807, 2.05) is 29.6 Å². The van der Waals surface area contributed by atoms with Gasteiger partial charge in [0.15, 0.2) is 0 Å². The van der Waals surface area contributed by atoms with E-state index in [1.54, 1.807) is 30.3 Å². The van der Waals surface area contributed by atoms with Gasteiger partial charge in [-0.25, -0.2) is 4.79 Å². The maximum atomic E-state index is 12.6. The average Bonchev–Trinajstić information content (AvgIpc) is 3.14. The van der Waals surface area contributed by atoms with Crippen LogP contribution in [-0.2, 0) is 0 Å². The van der Waals surface area contributed by atoms with Gasteiger partial charge in [0, 0.05) is 0 Å². The van der Waals surface area contributed by atoms with Crippen LogP contribution < -0.4 is 15.8 Å². The fraction of sp³-hybridized carbons (Fsp3) is 0. The van der Waals surface area contributed by atoms with Crippen LogP contribution in [0.5, 0.6) is 0 Å². The summed E-state index contributed by atoms with van der Waals surface area (Å²) in [6.07, 6.45) is 1.74. The second-order valence-electron chi connectivity index (χ2n) is 5.78. The molecule has 0 aliphatic carbocycles. The number of allylic oxidation sites excluding steroid dienone is 1. The van der Waals surface area contributed by atoms with Crippen LogP contribution in [0.3, 0.4) is 0 Å². The lowest BCUT2D eigenvalue weighted by Crippen LogP contribution is -2.24. The molecule has 0 spiro atoms. The molecule has 2 N–H and O–H groups in total. The molecule has 3 rings (SSSR count). The molecule has 0 atom stereocenters. The van der Waals surface area contributed by atoms with E-state index < -0.39 is 5.97 Å². The predicted octanol–water partition coefficient (Wildman–Crippen LogP) is 3.49. The molecule has 1 heterocycles. The molecule has 0 aliphatic heterocycles. The molecule has 27 heavy (non-hydrogen) atoms. The summed E-state index contributed by atoms with van der Waals surface area (Å²) in [5, 5.41) is 15.6. The minimum atomic E-state index is -1.09. The van der Waals surface area contributed by atoms with Crippen molar-refractivity contribution in [3.63, 3.8) is 0 Å².